The third kappa shape index (κ3) is 3.04. The van der Waals surface area contributed by atoms with Gasteiger partial charge in [-0.1, -0.05) is 19.1 Å². The van der Waals surface area contributed by atoms with Crippen LogP contribution in [0.25, 0.3) is 0 Å². The predicted molar refractivity (Wildman–Crippen MR) is 78.5 cm³/mol. The minimum atomic E-state index is -0.468. The van der Waals surface area contributed by atoms with Crippen LogP contribution in [0.5, 0.6) is 0 Å². The molecule has 4 nitrogen and oxygen atoms in total. The number of amides is 1. The van der Waals surface area contributed by atoms with Crippen LogP contribution in [-0.4, -0.2) is 5.91 Å². The van der Waals surface area contributed by atoms with Crippen molar-refractivity contribution in [2.45, 2.75) is 13.3 Å². The van der Waals surface area contributed by atoms with Gasteiger partial charge in [0, 0.05) is 11.3 Å². The van der Waals surface area contributed by atoms with Gasteiger partial charge in [0.1, 0.15) is 0 Å². The van der Waals surface area contributed by atoms with Crippen LogP contribution in [0.1, 0.15) is 22.8 Å². The molecule has 0 radical (unpaired) electrons. The number of nitrogen functional groups attached to an aromatic ring is 1. The number of aryl methyl sites for hydroxylation is 1. The molecule has 2 aromatic rings. The van der Waals surface area contributed by atoms with Gasteiger partial charge in [0.05, 0.1) is 11.4 Å². The molecular formula is C15H17N3O. The van der Waals surface area contributed by atoms with E-state index < -0.39 is 5.91 Å². The number of rotatable bonds is 4. The summed E-state index contributed by atoms with van der Waals surface area (Å²) in [4.78, 5) is 11.2. The van der Waals surface area contributed by atoms with E-state index >= 15 is 0 Å². The second kappa shape index (κ2) is 5.44. The van der Waals surface area contributed by atoms with Crippen LogP contribution in [0.2, 0.25) is 0 Å². The highest BCUT2D eigenvalue weighted by Gasteiger charge is 2.05. The minimum Gasteiger partial charge on any atom is -0.397 e. The molecule has 5 N–H and O–H groups in total. The molecule has 0 aliphatic carbocycles. The zero-order valence-corrected chi connectivity index (χ0v) is 10.8. The van der Waals surface area contributed by atoms with Crippen molar-refractivity contribution in [2.75, 3.05) is 11.1 Å². The van der Waals surface area contributed by atoms with E-state index in [0.717, 1.165) is 12.1 Å². The van der Waals surface area contributed by atoms with Crippen molar-refractivity contribution in [3.05, 3.63) is 53.6 Å². The van der Waals surface area contributed by atoms with Crippen LogP contribution in [0, 0.1) is 0 Å². The van der Waals surface area contributed by atoms with Crippen LogP contribution in [-0.2, 0) is 6.42 Å². The lowest BCUT2D eigenvalue weighted by Crippen LogP contribution is -2.11. The molecule has 0 saturated heterocycles. The highest BCUT2D eigenvalue weighted by molar-refractivity contribution is 5.95. The summed E-state index contributed by atoms with van der Waals surface area (Å²) in [7, 11) is 0. The number of primary amides is 1. The fourth-order valence-corrected chi connectivity index (χ4v) is 1.80. The van der Waals surface area contributed by atoms with Gasteiger partial charge in [-0.2, -0.15) is 0 Å². The van der Waals surface area contributed by atoms with Gasteiger partial charge in [0.2, 0.25) is 5.91 Å². The Morgan fingerprint density at radius 1 is 1.16 bits per heavy atom. The molecule has 19 heavy (non-hydrogen) atoms. The maximum absolute atomic E-state index is 11.2. The predicted octanol–water partition coefficient (Wildman–Crippen LogP) is 2.67. The molecule has 0 fully saturated rings. The third-order valence-corrected chi connectivity index (χ3v) is 2.98. The van der Waals surface area contributed by atoms with Crippen LogP contribution in [0.15, 0.2) is 42.5 Å². The largest absolute Gasteiger partial charge is 0.397 e. The maximum Gasteiger partial charge on any atom is 0.248 e. The van der Waals surface area contributed by atoms with Gasteiger partial charge in [-0.3, -0.25) is 4.79 Å². The summed E-state index contributed by atoms with van der Waals surface area (Å²) in [5.41, 5.74) is 15.0. The van der Waals surface area contributed by atoms with E-state index in [2.05, 4.69) is 24.4 Å². The lowest BCUT2D eigenvalue weighted by molar-refractivity contribution is 0.100. The Bertz CT molecular complexity index is 591. The lowest BCUT2D eigenvalue weighted by Gasteiger charge is -2.11. The first-order chi connectivity index (χ1) is 9.10. The smallest absolute Gasteiger partial charge is 0.248 e. The highest BCUT2D eigenvalue weighted by atomic mass is 16.1. The van der Waals surface area contributed by atoms with Crippen LogP contribution >= 0.6 is 0 Å². The van der Waals surface area contributed by atoms with Crippen molar-refractivity contribution in [1.29, 1.82) is 0 Å². The summed E-state index contributed by atoms with van der Waals surface area (Å²) in [6.45, 7) is 2.11. The normalized spacial score (nSPS) is 10.2. The lowest BCUT2D eigenvalue weighted by atomic mass is 10.1. The fourth-order valence-electron chi connectivity index (χ4n) is 1.80. The van der Waals surface area contributed by atoms with Crippen molar-refractivity contribution in [2.24, 2.45) is 5.73 Å². The number of anilines is 3. The van der Waals surface area contributed by atoms with Gasteiger partial charge in [-0.15, -0.1) is 0 Å². The van der Waals surface area contributed by atoms with E-state index in [4.69, 9.17) is 11.5 Å². The van der Waals surface area contributed by atoms with Gasteiger partial charge < -0.3 is 16.8 Å². The first-order valence-corrected chi connectivity index (χ1v) is 6.15. The summed E-state index contributed by atoms with van der Waals surface area (Å²) in [5, 5.41) is 3.19. The van der Waals surface area contributed by atoms with Crippen molar-refractivity contribution in [3.8, 4) is 0 Å². The molecule has 0 spiro atoms. The van der Waals surface area contributed by atoms with Gasteiger partial charge in [-0.05, 0) is 42.3 Å². The number of hydrogen-bond acceptors (Lipinski definition) is 3. The Labute approximate surface area is 112 Å². The summed E-state index contributed by atoms with van der Waals surface area (Å²) < 4.78 is 0. The van der Waals surface area contributed by atoms with E-state index in [-0.39, 0.29) is 0 Å². The van der Waals surface area contributed by atoms with Crippen LogP contribution in [0.3, 0.4) is 0 Å². The molecule has 0 aliphatic heterocycles. The number of nitrogens with one attached hydrogen (secondary N) is 1. The van der Waals surface area contributed by atoms with E-state index in [1.165, 1.54) is 5.56 Å². The number of hydrogen-bond donors (Lipinski definition) is 3. The van der Waals surface area contributed by atoms with Gasteiger partial charge in [-0.25, -0.2) is 0 Å². The highest BCUT2D eigenvalue weighted by Crippen LogP contribution is 2.24. The maximum atomic E-state index is 11.2. The molecule has 2 aromatic carbocycles. The number of carbonyl (C=O) groups is 1. The molecule has 0 bridgehead atoms. The molecule has 98 valence electrons. The number of benzene rings is 2. The monoisotopic (exact) mass is 255 g/mol. The summed E-state index contributed by atoms with van der Waals surface area (Å²) in [6, 6.07) is 13.0. The molecule has 0 saturated carbocycles. The number of nitrogens with two attached hydrogens (primary N) is 2. The van der Waals surface area contributed by atoms with Crippen molar-refractivity contribution >= 4 is 23.0 Å². The van der Waals surface area contributed by atoms with Crippen molar-refractivity contribution in [3.63, 3.8) is 0 Å². The van der Waals surface area contributed by atoms with E-state index in [9.17, 15) is 4.79 Å². The summed E-state index contributed by atoms with van der Waals surface area (Å²) >= 11 is 0. The van der Waals surface area contributed by atoms with Crippen LogP contribution < -0.4 is 16.8 Å². The molecule has 1 amide bonds. The minimum absolute atomic E-state index is 0.432. The molecule has 0 unspecified atom stereocenters. The average molecular weight is 255 g/mol. The number of carbonyl (C=O) groups excluding carboxylic acids is 1. The molecular weight excluding hydrogens is 238 g/mol. The zero-order chi connectivity index (χ0) is 13.8. The second-order valence-corrected chi connectivity index (χ2v) is 4.34. The quantitative estimate of drug-likeness (QED) is 0.735. The Balaban J connectivity index is 2.26. The van der Waals surface area contributed by atoms with Gasteiger partial charge >= 0.3 is 0 Å². The molecule has 2 rings (SSSR count). The van der Waals surface area contributed by atoms with Crippen molar-refractivity contribution < 1.29 is 4.79 Å². The Morgan fingerprint density at radius 3 is 2.42 bits per heavy atom. The fraction of sp³-hybridized carbons (Fsp3) is 0.133. The van der Waals surface area contributed by atoms with Gasteiger partial charge in [0.25, 0.3) is 0 Å². The first-order valence-electron chi connectivity index (χ1n) is 6.15. The standard InChI is InChI=1S/C15H17N3O/c1-2-10-3-6-12(7-4-10)18-14-9-11(15(17)19)5-8-13(14)16/h3-9,18H,2,16H2,1H3,(H2,17,19). The molecule has 0 atom stereocenters. The first kappa shape index (κ1) is 13.0. The SMILES string of the molecule is CCc1ccc(Nc2cc(C(N)=O)ccc2N)cc1. The topological polar surface area (TPSA) is 81.1 Å². The Hall–Kier alpha value is -2.49. The van der Waals surface area contributed by atoms with Gasteiger partial charge in [0.15, 0.2) is 0 Å². The van der Waals surface area contributed by atoms with E-state index in [0.29, 0.717) is 16.9 Å². The summed E-state index contributed by atoms with van der Waals surface area (Å²) in [5.74, 6) is -0.468. The van der Waals surface area contributed by atoms with Crippen LogP contribution in [0.4, 0.5) is 17.1 Å². The Morgan fingerprint density at radius 2 is 1.84 bits per heavy atom. The zero-order valence-electron chi connectivity index (χ0n) is 10.8. The third-order valence-electron chi connectivity index (χ3n) is 2.98. The molecule has 4 heteroatoms. The Kier molecular flexibility index (Phi) is 3.71. The molecule has 0 heterocycles. The average Bonchev–Trinajstić information content (AvgIpc) is 2.42. The van der Waals surface area contributed by atoms with E-state index in [1.54, 1.807) is 18.2 Å². The van der Waals surface area contributed by atoms with E-state index in [1.807, 2.05) is 12.1 Å². The second-order valence-electron chi connectivity index (χ2n) is 4.34. The summed E-state index contributed by atoms with van der Waals surface area (Å²) in [6.07, 6.45) is 1.000. The molecule has 0 aromatic heterocycles. The molecule has 0 aliphatic rings. The van der Waals surface area contributed by atoms with Crippen molar-refractivity contribution in [1.82, 2.24) is 0 Å².